The number of hydrogen-bond acceptors (Lipinski definition) is 6. The summed E-state index contributed by atoms with van der Waals surface area (Å²) in [6.07, 6.45) is 6.56. The number of amides is 3. The van der Waals surface area contributed by atoms with Crippen LogP contribution in [0.15, 0.2) is 60.9 Å². The first kappa shape index (κ1) is 43.2. The molecule has 2 atom stereocenters. The van der Waals surface area contributed by atoms with Gasteiger partial charge in [0.05, 0.1) is 30.8 Å². The third-order valence-corrected chi connectivity index (χ3v) is 6.39. The topological polar surface area (TPSA) is 124 Å². The van der Waals surface area contributed by atoms with Crippen molar-refractivity contribution in [2.45, 2.75) is 93.2 Å². The Kier molecular flexibility index (Phi) is 25.5. The van der Waals surface area contributed by atoms with Crippen LogP contribution < -0.4 is 16.0 Å². The van der Waals surface area contributed by atoms with Crippen LogP contribution in [-0.4, -0.2) is 68.0 Å². The average Bonchev–Trinajstić information content (AvgIpc) is 3.91. The highest BCUT2D eigenvalue weighted by atomic mass is 16.5. The van der Waals surface area contributed by atoms with E-state index < -0.39 is 0 Å². The third-order valence-electron chi connectivity index (χ3n) is 6.39. The highest BCUT2D eigenvalue weighted by molar-refractivity contribution is 5.89. The maximum absolute atomic E-state index is 12.9. The van der Waals surface area contributed by atoms with Crippen molar-refractivity contribution in [3.05, 3.63) is 72.0 Å². The molecule has 0 bridgehead atoms. The lowest BCUT2D eigenvalue weighted by molar-refractivity contribution is -0.137. The van der Waals surface area contributed by atoms with Crippen LogP contribution in [0.4, 0.5) is 0 Å². The van der Waals surface area contributed by atoms with E-state index in [-0.39, 0.29) is 48.9 Å². The number of nitrogens with one attached hydrogen (secondary N) is 3. The Balaban J connectivity index is 0. The molecule has 9 heteroatoms. The second-order valence-electron chi connectivity index (χ2n) is 9.85. The molecule has 1 aromatic carbocycles. The zero-order chi connectivity index (χ0) is 34.8. The predicted octanol–water partition coefficient (Wildman–Crippen LogP) is 5.82. The van der Waals surface area contributed by atoms with Gasteiger partial charge < -0.3 is 25.6 Å². The van der Waals surface area contributed by atoms with Crippen LogP contribution in [0, 0.1) is 24.2 Å². The molecule has 3 N–H and O–H groups in total. The number of carbonyl (C=O) groups is 3. The molecule has 0 saturated heterocycles. The number of nitriles is 1. The van der Waals surface area contributed by atoms with E-state index in [9.17, 15) is 14.4 Å². The van der Waals surface area contributed by atoms with Gasteiger partial charge in [0.25, 0.3) is 0 Å². The number of likely N-dealkylation sites (N-methyl/N-ethyl adjacent to an activating group) is 1. The molecule has 3 rings (SSSR count). The molecule has 1 saturated carbocycles. The van der Waals surface area contributed by atoms with Crippen LogP contribution in [0.25, 0.3) is 0 Å². The van der Waals surface area contributed by atoms with Crippen molar-refractivity contribution < 1.29 is 19.1 Å². The Hall–Kier alpha value is -3.90. The van der Waals surface area contributed by atoms with Gasteiger partial charge in [0, 0.05) is 20.1 Å². The van der Waals surface area contributed by atoms with Crippen LogP contribution in [0.2, 0.25) is 0 Å². The monoisotopic (exact) mass is 625 g/mol. The van der Waals surface area contributed by atoms with Gasteiger partial charge >= 0.3 is 0 Å². The second kappa shape index (κ2) is 26.5. The first-order chi connectivity index (χ1) is 21.7. The maximum Gasteiger partial charge on any atom is 0.240 e. The zero-order valence-electron chi connectivity index (χ0n) is 29.3. The lowest BCUT2D eigenvalue weighted by Crippen LogP contribution is -2.51. The molecule has 3 amide bonds. The Morgan fingerprint density at radius 1 is 0.956 bits per heavy atom. The highest BCUT2D eigenvalue weighted by Gasteiger charge is 2.37. The number of ether oxygens (including phenoxy) is 1. The van der Waals surface area contributed by atoms with E-state index in [1.165, 1.54) is 10.5 Å². The fourth-order valence-electron chi connectivity index (χ4n) is 3.98. The maximum atomic E-state index is 12.9. The van der Waals surface area contributed by atoms with Crippen LogP contribution in [0.5, 0.6) is 0 Å². The SMILES string of the molecule is C=C/C1=C(\C=C)O[C@H](C)CNC(C2CC2)C(=O)N(C)CC(=O)NCC(=O)NCCC1.CC.CC.CC.Cc1ccc(C#N)cc1. The van der Waals surface area contributed by atoms with E-state index >= 15 is 0 Å². The standard InChI is InChI=1S/C22H34N4O4.C8H7N.3C2H6/c1-5-16-8-7-11-23-19(27)13-24-20(28)14-26(4)22(29)21(17-9-10-17)25-12-15(3)30-18(16)6-2;1-7-2-4-8(6-9)5-3-7;3*1-2/h5-6,15,17,21,25H,1-2,7-14H2,3-4H3,(H,23,27)(H,24,28);2-5H,1H3;3*1-2H3/b18-16-;;;;/t15-,21?;;;;/m1..../s1. The van der Waals surface area contributed by atoms with Crippen molar-refractivity contribution in [1.29, 1.82) is 5.26 Å². The number of hydrogen-bond donors (Lipinski definition) is 3. The smallest absolute Gasteiger partial charge is 0.240 e. The molecule has 2 aliphatic rings. The summed E-state index contributed by atoms with van der Waals surface area (Å²) in [7, 11) is 1.60. The minimum absolute atomic E-state index is 0.0882. The molecule has 1 heterocycles. The fourth-order valence-corrected chi connectivity index (χ4v) is 3.98. The van der Waals surface area contributed by atoms with Gasteiger partial charge in [0.2, 0.25) is 17.7 Å². The summed E-state index contributed by atoms with van der Waals surface area (Å²) in [4.78, 5) is 38.3. The number of aryl methyl sites for hydroxylation is 1. The summed E-state index contributed by atoms with van der Waals surface area (Å²) >= 11 is 0. The van der Waals surface area contributed by atoms with Gasteiger partial charge in [0.1, 0.15) is 11.9 Å². The molecule has 1 aromatic rings. The number of benzene rings is 1. The van der Waals surface area contributed by atoms with Gasteiger partial charge in [0.15, 0.2) is 0 Å². The van der Waals surface area contributed by atoms with E-state index in [1.54, 1.807) is 19.2 Å². The lowest BCUT2D eigenvalue weighted by Gasteiger charge is -2.26. The fraction of sp³-hybridized carbons (Fsp3) is 0.556. The van der Waals surface area contributed by atoms with Crippen molar-refractivity contribution >= 4 is 17.7 Å². The average molecular weight is 626 g/mol. The zero-order valence-corrected chi connectivity index (χ0v) is 29.3. The van der Waals surface area contributed by atoms with E-state index in [1.807, 2.05) is 79.7 Å². The summed E-state index contributed by atoms with van der Waals surface area (Å²) in [6, 6.07) is 9.19. The lowest BCUT2D eigenvalue weighted by atomic mass is 10.1. The molecule has 45 heavy (non-hydrogen) atoms. The minimum atomic E-state index is -0.360. The minimum Gasteiger partial charge on any atom is -0.489 e. The normalized spacial score (nSPS) is 21.1. The van der Waals surface area contributed by atoms with E-state index in [0.29, 0.717) is 31.7 Å². The van der Waals surface area contributed by atoms with Gasteiger partial charge in [-0.3, -0.25) is 14.4 Å². The van der Waals surface area contributed by atoms with Crippen molar-refractivity contribution in [2.24, 2.45) is 5.92 Å². The van der Waals surface area contributed by atoms with E-state index in [0.717, 1.165) is 24.0 Å². The molecule has 0 aromatic heterocycles. The first-order valence-electron chi connectivity index (χ1n) is 16.3. The number of carbonyl (C=O) groups excluding carboxylic acids is 3. The van der Waals surface area contributed by atoms with Crippen molar-refractivity contribution in [3.63, 3.8) is 0 Å². The molecule has 0 radical (unpaired) electrons. The summed E-state index contributed by atoms with van der Waals surface area (Å²) in [5, 5.41) is 17.0. The van der Waals surface area contributed by atoms with E-state index in [2.05, 4.69) is 35.2 Å². The van der Waals surface area contributed by atoms with Crippen LogP contribution in [0.3, 0.4) is 0 Å². The van der Waals surface area contributed by atoms with Crippen molar-refractivity contribution in [2.75, 3.05) is 33.2 Å². The molecule has 1 unspecified atom stereocenters. The molecule has 1 aliphatic carbocycles. The number of nitrogens with zero attached hydrogens (tertiary/aromatic N) is 2. The molecule has 252 valence electrons. The molecule has 0 spiro atoms. The number of rotatable bonds is 3. The van der Waals surface area contributed by atoms with Crippen molar-refractivity contribution in [1.82, 2.24) is 20.9 Å². The van der Waals surface area contributed by atoms with Crippen LogP contribution in [0.1, 0.15) is 85.3 Å². The highest BCUT2D eigenvalue weighted by Crippen LogP contribution is 2.33. The number of allylic oxidation sites excluding steroid dienone is 3. The predicted molar refractivity (Wildman–Crippen MR) is 185 cm³/mol. The largest absolute Gasteiger partial charge is 0.489 e. The van der Waals surface area contributed by atoms with Gasteiger partial charge in [-0.25, -0.2) is 0 Å². The first-order valence-corrected chi connectivity index (χ1v) is 16.3. The summed E-state index contributed by atoms with van der Waals surface area (Å²) in [5.41, 5.74) is 2.82. The molecular weight excluding hydrogens is 566 g/mol. The van der Waals surface area contributed by atoms with Gasteiger partial charge in [-0.2, -0.15) is 5.26 Å². The van der Waals surface area contributed by atoms with Crippen LogP contribution >= 0.6 is 0 Å². The quantitative estimate of drug-likeness (QED) is 0.389. The van der Waals surface area contributed by atoms with Crippen molar-refractivity contribution in [3.8, 4) is 6.07 Å². The summed E-state index contributed by atoms with van der Waals surface area (Å²) in [6.45, 7) is 24.4. The summed E-state index contributed by atoms with van der Waals surface area (Å²) in [5.74, 6) is 0.168. The molecule has 1 fully saturated rings. The van der Waals surface area contributed by atoms with E-state index in [4.69, 9.17) is 10.00 Å². The third kappa shape index (κ3) is 18.5. The molecule has 1 aliphatic heterocycles. The Bertz CT molecular complexity index is 1090. The molecule has 9 nitrogen and oxygen atoms in total. The van der Waals surface area contributed by atoms with Gasteiger partial charge in [-0.05, 0) is 69.2 Å². The Labute approximate surface area is 273 Å². The molecular formula is C36H59N5O4. The Morgan fingerprint density at radius 3 is 2.07 bits per heavy atom. The van der Waals surface area contributed by atoms with Crippen LogP contribution in [-0.2, 0) is 19.1 Å². The van der Waals surface area contributed by atoms with Gasteiger partial charge in [-0.1, -0.05) is 78.5 Å². The second-order valence-corrected chi connectivity index (χ2v) is 9.85. The Morgan fingerprint density at radius 2 is 1.56 bits per heavy atom. The summed E-state index contributed by atoms with van der Waals surface area (Å²) < 4.78 is 6.05. The van der Waals surface area contributed by atoms with Gasteiger partial charge in [-0.15, -0.1) is 0 Å².